The van der Waals surface area contributed by atoms with Gasteiger partial charge in [0.25, 0.3) is 0 Å². The molecule has 36 heavy (non-hydrogen) atoms. The van der Waals surface area contributed by atoms with E-state index in [1.807, 2.05) is 18.2 Å². The molecule has 0 saturated heterocycles. The summed E-state index contributed by atoms with van der Waals surface area (Å²) in [7, 11) is 6.62. The van der Waals surface area contributed by atoms with E-state index in [4.69, 9.17) is 18.9 Å². The van der Waals surface area contributed by atoms with Crippen molar-refractivity contribution < 1.29 is 24.1 Å². The Balaban J connectivity index is 0.000000840. The second-order valence-corrected chi connectivity index (χ2v) is 9.19. The van der Waals surface area contributed by atoms with E-state index >= 15 is 0 Å². The zero-order valence-corrected chi connectivity index (χ0v) is 23.2. The van der Waals surface area contributed by atoms with E-state index in [1.54, 1.807) is 28.4 Å². The first kappa shape index (κ1) is 27.9. The van der Waals surface area contributed by atoms with Crippen LogP contribution in [0.15, 0.2) is 24.3 Å². The lowest BCUT2D eigenvalue weighted by Gasteiger charge is -2.43. The van der Waals surface area contributed by atoms with E-state index in [1.165, 1.54) is 18.4 Å². The first-order chi connectivity index (χ1) is 17.5. The summed E-state index contributed by atoms with van der Waals surface area (Å²) in [5, 5.41) is 14.9. The van der Waals surface area contributed by atoms with Gasteiger partial charge >= 0.3 is 0 Å². The number of rotatable bonds is 8. The largest absolute Gasteiger partial charge is 0.493 e. The van der Waals surface area contributed by atoms with Gasteiger partial charge in [-0.3, -0.25) is 4.90 Å². The summed E-state index contributed by atoms with van der Waals surface area (Å²) in [6, 6.07) is 8.46. The van der Waals surface area contributed by atoms with Gasteiger partial charge in [-0.2, -0.15) is 0 Å². The SMILES string of the molecule is CCC1Cc2c(c3cc(OC)c(OC)cc3c3cc(OC)c(OC)cc23)C(CO)N1CC.CCCC. The zero-order chi connectivity index (χ0) is 26.4. The monoisotopic (exact) mass is 497 g/mol. The Bertz CT molecular complexity index is 1170. The number of ether oxygens (including phenoxy) is 4. The van der Waals surface area contributed by atoms with Gasteiger partial charge in [0.2, 0.25) is 0 Å². The molecule has 2 atom stereocenters. The molecule has 0 radical (unpaired) electrons. The van der Waals surface area contributed by atoms with Crippen molar-refractivity contribution in [2.45, 2.75) is 65.5 Å². The lowest BCUT2D eigenvalue weighted by molar-refractivity contribution is 0.0747. The third kappa shape index (κ3) is 4.94. The van der Waals surface area contributed by atoms with Crippen LogP contribution in [0.25, 0.3) is 21.5 Å². The maximum absolute atomic E-state index is 10.6. The molecule has 4 rings (SSSR count). The Kier molecular flexibility index (Phi) is 9.69. The van der Waals surface area contributed by atoms with Crippen LogP contribution in [-0.2, 0) is 6.42 Å². The second-order valence-electron chi connectivity index (χ2n) is 9.19. The fraction of sp³-hybridized carbons (Fsp3) is 0.533. The van der Waals surface area contributed by atoms with Crippen molar-refractivity contribution in [2.75, 3.05) is 41.6 Å². The molecular formula is C30H43NO5. The Hall–Kier alpha value is -2.70. The van der Waals surface area contributed by atoms with E-state index in [9.17, 15) is 5.11 Å². The second kappa shape index (κ2) is 12.5. The van der Waals surface area contributed by atoms with E-state index in [2.05, 4.69) is 38.7 Å². The summed E-state index contributed by atoms with van der Waals surface area (Å²) in [4.78, 5) is 2.42. The molecule has 198 valence electrons. The van der Waals surface area contributed by atoms with Gasteiger partial charge in [0, 0.05) is 6.04 Å². The molecule has 1 aliphatic rings. The highest BCUT2D eigenvalue weighted by atomic mass is 16.5. The molecule has 0 spiro atoms. The molecule has 1 heterocycles. The van der Waals surface area contributed by atoms with Gasteiger partial charge < -0.3 is 24.1 Å². The predicted molar refractivity (Wildman–Crippen MR) is 148 cm³/mol. The Morgan fingerprint density at radius 2 is 1.17 bits per heavy atom. The Morgan fingerprint density at radius 1 is 0.722 bits per heavy atom. The topological polar surface area (TPSA) is 60.4 Å². The van der Waals surface area contributed by atoms with Crippen molar-refractivity contribution in [3.63, 3.8) is 0 Å². The van der Waals surface area contributed by atoms with Crippen LogP contribution in [0.5, 0.6) is 23.0 Å². The Morgan fingerprint density at radius 3 is 1.56 bits per heavy atom. The third-order valence-electron chi connectivity index (χ3n) is 7.43. The number of methoxy groups -OCH3 is 4. The van der Waals surface area contributed by atoms with Gasteiger partial charge in [0.1, 0.15) is 0 Å². The number of unbranched alkanes of at least 4 members (excludes halogenated alkanes) is 1. The normalized spacial score (nSPS) is 17.4. The van der Waals surface area contributed by atoms with Crippen molar-refractivity contribution in [2.24, 2.45) is 0 Å². The molecule has 1 aliphatic heterocycles. The Labute approximate surface area is 216 Å². The standard InChI is InChI=1S/C26H33NO5.C4H10/c1-7-15-9-19-17-11-23(30-4)22(29-3)10-16(17)18-12-24(31-5)25(32-6)13-20(18)26(19)21(14-28)27(15)8-2;1-3-4-2/h10-13,15,21,28H,7-9,14H2,1-6H3;3-4H2,1-2H3. The summed E-state index contributed by atoms with van der Waals surface area (Å²) in [6.07, 6.45) is 4.56. The highest BCUT2D eigenvalue weighted by Gasteiger charge is 2.35. The summed E-state index contributed by atoms with van der Waals surface area (Å²) >= 11 is 0. The van der Waals surface area contributed by atoms with Gasteiger partial charge in [-0.25, -0.2) is 0 Å². The highest BCUT2D eigenvalue weighted by molar-refractivity contribution is 6.13. The number of hydrogen-bond donors (Lipinski definition) is 1. The van der Waals surface area contributed by atoms with Crippen molar-refractivity contribution in [1.29, 1.82) is 0 Å². The number of hydrogen-bond acceptors (Lipinski definition) is 6. The van der Waals surface area contributed by atoms with E-state index in [0.29, 0.717) is 29.0 Å². The van der Waals surface area contributed by atoms with Gasteiger partial charge in [-0.15, -0.1) is 0 Å². The number of benzene rings is 3. The number of nitrogens with zero attached hydrogens (tertiary/aromatic N) is 1. The van der Waals surface area contributed by atoms with Crippen LogP contribution >= 0.6 is 0 Å². The fourth-order valence-electron chi connectivity index (χ4n) is 5.41. The fourth-order valence-corrected chi connectivity index (χ4v) is 5.41. The van der Waals surface area contributed by atoms with E-state index in [0.717, 1.165) is 46.5 Å². The molecule has 0 saturated carbocycles. The first-order valence-corrected chi connectivity index (χ1v) is 13.1. The minimum atomic E-state index is -0.0909. The van der Waals surface area contributed by atoms with Crippen LogP contribution in [0, 0.1) is 0 Å². The van der Waals surface area contributed by atoms with E-state index < -0.39 is 0 Å². The minimum absolute atomic E-state index is 0.0551. The van der Waals surface area contributed by atoms with Gasteiger partial charge in [0.05, 0.1) is 41.1 Å². The average molecular weight is 498 g/mol. The van der Waals surface area contributed by atoms with Crippen LogP contribution in [0.2, 0.25) is 0 Å². The first-order valence-electron chi connectivity index (χ1n) is 13.1. The molecule has 3 aromatic carbocycles. The summed E-state index contributed by atoms with van der Waals surface area (Å²) < 4.78 is 22.6. The molecule has 2 unspecified atom stereocenters. The lowest BCUT2D eigenvalue weighted by Crippen LogP contribution is -2.44. The van der Waals surface area contributed by atoms with Crippen LogP contribution in [0.1, 0.15) is 64.1 Å². The van der Waals surface area contributed by atoms with Crippen LogP contribution in [0.3, 0.4) is 0 Å². The van der Waals surface area contributed by atoms with Gasteiger partial charge in [0.15, 0.2) is 23.0 Å². The third-order valence-corrected chi connectivity index (χ3v) is 7.43. The molecular weight excluding hydrogens is 454 g/mol. The molecule has 0 aliphatic carbocycles. The average Bonchev–Trinajstić information content (AvgIpc) is 2.94. The van der Waals surface area contributed by atoms with Gasteiger partial charge in [-0.1, -0.05) is 40.5 Å². The van der Waals surface area contributed by atoms with Crippen molar-refractivity contribution >= 4 is 21.5 Å². The maximum atomic E-state index is 10.6. The quantitative estimate of drug-likeness (QED) is 0.357. The molecule has 6 heteroatoms. The lowest BCUT2D eigenvalue weighted by atomic mass is 9.80. The molecule has 0 aromatic heterocycles. The number of aliphatic hydroxyl groups excluding tert-OH is 1. The molecule has 1 N–H and O–H groups in total. The molecule has 3 aromatic rings. The van der Waals surface area contributed by atoms with Crippen molar-refractivity contribution in [1.82, 2.24) is 4.90 Å². The van der Waals surface area contributed by atoms with Crippen molar-refractivity contribution in [3.05, 3.63) is 35.4 Å². The predicted octanol–water partition coefficient (Wildman–Crippen LogP) is 6.52. The van der Waals surface area contributed by atoms with Crippen LogP contribution in [-0.4, -0.2) is 57.6 Å². The number of aliphatic hydroxyl groups is 1. The summed E-state index contributed by atoms with van der Waals surface area (Å²) in [5.41, 5.74) is 2.42. The van der Waals surface area contributed by atoms with E-state index in [-0.39, 0.29) is 12.6 Å². The summed E-state index contributed by atoms with van der Waals surface area (Å²) in [6.45, 7) is 9.67. The molecule has 0 amide bonds. The molecule has 0 bridgehead atoms. The zero-order valence-electron chi connectivity index (χ0n) is 23.2. The number of fused-ring (bicyclic) bond motifs is 6. The maximum Gasteiger partial charge on any atom is 0.161 e. The highest BCUT2D eigenvalue weighted by Crippen LogP contribution is 2.48. The molecule has 0 fully saturated rings. The number of likely N-dealkylation sites (N-methyl/N-ethyl adjacent to an activating group) is 1. The van der Waals surface area contributed by atoms with Crippen LogP contribution in [0.4, 0.5) is 0 Å². The smallest absolute Gasteiger partial charge is 0.161 e. The molecule has 6 nitrogen and oxygen atoms in total. The minimum Gasteiger partial charge on any atom is -0.493 e. The van der Waals surface area contributed by atoms with Gasteiger partial charge in [-0.05, 0) is 76.3 Å². The van der Waals surface area contributed by atoms with Crippen LogP contribution < -0.4 is 18.9 Å². The summed E-state index contributed by atoms with van der Waals surface area (Å²) in [5.74, 6) is 2.74. The van der Waals surface area contributed by atoms with Crippen molar-refractivity contribution in [3.8, 4) is 23.0 Å².